The molecule has 2 aliphatic heterocycles. The van der Waals surface area contributed by atoms with Gasteiger partial charge in [0.25, 0.3) is 0 Å². The summed E-state index contributed by atoms with van der Waals surface area (Å²) in [6.07, 6.45) is 3.70. The lowest BCUT2D eigenvalue weighted by atomic mass is 9.77. The van der Waals surface area contributed by atoms with E-state index in [0.717, 1.165) is 19.4 Å². The molecule has 6 heteroatoms. The molecule has 0 aliphatic carbocycles. The van der Waals surface area contributed by atoms with Gasteiger partial charge in [0.1, 0.15) is 0 Å². The Morgan fingerprint density at radius 1 is 1.64 bits per heavy atom. The molecule has 5 nitrogen and oxygen atoms in total. The predicted molar refractivity (Wildman–Crippen MR) is 78.0 cm³/mol. The summed E-state index contributed by atoms with van der Waals surface area (Å²) in [4.78, 5) is 17.8. The summed E-state index contributed by atoms with van der Waals surface area (Å²) in [5.74, 6) is -0.304. The number of amides is 1. The summed E-state index contributed by atoms with van der Waals surface area (Å²) >= 11 is 0. The van der Waals surface area contributed by atoms with Gasteiger partial charge in [0, 0.05) is 32.3 Å². The SMILES string of the molecule is CCC(=O)N1CC[C@H]2OCC[C@@]2(COc2ncccc2F)C1. The van der Waals surface area contributed by atoms with Crippen molar-refractivity contribution >= 4 is 5.91 Å². The van der Waals surface area contributed by atoms with E-state index in [0.29, 0.717) is 26.2 Å². The van der Waals surface area contributed by atoms with Gasteiger partial charge < -0.3 is 14.4 Å². The predicted octanol–water partition coefficient (Wildman–Crippen LogP) is 2.02. The third-order valence-corrected chi connectivity index (χ3v) is 4.65. The van der Waals surface area contributed by atoms with Crippen molar-refractivity contribution in [3.8, 4) is 5.88 Å². The first-order chi connectivity index (χ1) is 10.6. The molecule has 3 heterocycles. The van der Waals surface area contributed by atoms with Gasteiger partial charge in [-0.2, -0.15) is 0 Å². The van der Waals surface area contributed by atoms with E-state index in [1.807, 2.05) is 11.8 Å². The molecule has 120 valence electrons. The fraction of sp³-hybridized carbons (Fsp3) is 0.625. The van der Waals surface area contributed by atoms with Crippen LogP contribution in [0.2, 0.25) is 0 Å². The van der Waals surface area contributed by atoms with E-state index < -0.39 is 5.82 Å². The van der Waals surface area contributed by atoms with Gasteiger partial charge in [0.05, 0.1) is 18.1 Å². The highest BCUT2D eigenvalue weighted by Crippen LogP contribution is 2.41. The second-order valence-electron chi connectivity index (χ2n) is 6.01. The number of nitrogens with zero attached hydrogens (tertiary/aromatic N) is 2. The normalized spacial score (nSPS) is 27.5. The molecule has 0 bridgehead atoms. The summed E-state index contributed by atoms with van der Waals surface area (Å²) in [5.41, 5.74) is -0.257. The Balaban J connectivity index is 1.73. The van der Waals surface area contributed by atoms with Crippen molar-refractivity contribution in [2.45, 2.75) is 32.3 Å². The standard InChI is InChI=1S/C16H21FN2O3/c1-2-14(20)19-8-5-13-16(10-19,6-9-21-13)11-22-15-12(17)4-3-7-18-15/h3-4,7,13H,2,5-6,8-11H2,1H3/t13-,16+/m1/s1. The zero-order valence-corrected chi connectivity index (χ0v) is 12.8. The quantitative estimate of drug-likeness (QED) is 0.854. The van der Waals surface area contributed by atoms with E-state index >= 15 is 0 Å². The largest absolute Gasteiger partial charge is 0.475 e. The lowest BCUT2D eigenvalue weighted by molar-refractivity contribution is -0.138. The Bertz CT molecular complexity index is 554. The van der Waals surface area contributed by atoms with Crippen LogP contribution in [0.5, 0.6) is 5.88 Å². The molecular formula is C16H21FN2O3. The van der Waals surface area contributed by atoms with Crippen molar-refractivity contribution in [2.24, 2.45) is 5.41 Å². The van der Waals surface area contributed by atoms with Crippen LogP contribution in [0.25, 0.3) is 0 Å². The summed E-state index contributed by atoms with van der Waals surface area (Å²) in [6.45, 7) is 4.17. The summed E-state index contributed by atoms with van der Waals surface area (Å²) in [6, 6.07) is 2.86. The molecule has 22 heavy (non-hydrogen) atoms. The van der Waals surface area contributed by atoms with Crippen molar-refractivity contribution in [1.82, 2.24) is 9.88 Å². The van der Waals surface area contributed by atoms with Crippen LogP contribution >= 0.6 is 0 Å². The van der Waals surface area contributed by atoms with Crippen LogP contribution in [0, 0.1) is 11.2 Å². The Hall–Kier alpha value is -1.69. The first-order valence-electron chi connectivity index (χ1n) is 7.77. The Morgan fingerprint density at radius 2 is 2.50 bits per heavy atom. The molecule has 2 aliphatic rings. The number of piperidine rings is 1. The highest BCUT2D eigenvalue weighted by atomic mass is 19.1. The second-order valence-corrected chi connectivity index (χ2v) is 6.01. The lowest BCUT2D eigenvalue weighted by Crippen LogP contribution is -2.54. The Labute approximate surface area is 129 Å². The molecule has 0 N–H and O–H groups in total. The van der Waals surface area contributed by atoms with Crippen LogP contribution in [0.15, 0.2) is 18.3 Å². The van der Waals surface area contributed by atoms with Crippen molar-refractivity contribution in [3.05, 3.63) is 24.1 Å². The Kier molecular flexibility index (Phi) is 4.29. The van der Waals surface area contributed by atoms with Crippen LogP contribution < -0.4 is 4.74 Å². The molecule has 0 spiro atoms. The Morgan fingerprint density at radius 3 is 3.27 bits per heavy atom. The monoisotopic (exact) mass is 308 g/mol. The molecular weight excluding hydrogens is 287 g/mol. The number of ether oxygens (including phenoxy) is 2. The molecule has 2 atom stereocenters. The van der Waals surface area contributed by atoms with Gasteiger partial charge in [0.2, 0.25) is 11.8 Å². The maximum absolute atomic E-state index is 13.7. The summed E-state index contributed by atoms with van der Waals surface area (Å²) in [7, 11) is 0. The van der Waals surface area contributed by atoms with E-state index in [2.05, 4.69) is 4.98 Å². The molecule has 2 fully saturated rings. The molecule has 1 amide bonds. The minimum absolute atomic E-state index is 0.0152. The molecule has 0 aromatic carbocycles. The van der Waals surface area contributed by atoms with Crippen molar-refractivity contribution in [3.63, 3.8) is 0 Å². The van der Waals surface area contributed by atoms with E-state index in [1.54, 1.807) is 0 Å². The van der Waals surface area contributed by atoms with Gasteiger partial charge in [0.15, 0.2) is 5.82 Å². The highest BCUT2D eigenvalue weighted by Gasteiger charge is 2.49. The van der Waals surface area contributed by atoms with Gasteiger partial charge in [-0.1, -0.05) is 6.92 Å². The fourth-order valence-electron chi connectivity index (χ4n) is 3.38. The second kappa shape index (κ2) is 6.20. The molecule has 0 saturated carbocycles. The van der Waals surface area contributed by atoms with E-state index in [-0.39, 0.29) is 23.3 Å². The topological polar surface area (TPSA) is 51.7 Å². The van der Waals surface area contributed by atoms with E-state index in [1.165, 1.54) is 18.3 Å². The van der Waals surface area contributed by atoms with Crippen LogP contribution in [0.4, 0.5) is 4.39 Å². The molecule has 1 aromatic rings. The minimum atomic E-state index is -0.466. The number of aromatic nitrogens is 1. The summed E-state index contributed by atoms with van der Waals surface area (Å²) < 4.78 is 25.1. The third kappa shape index (κ3) is 2.79. The number of carbonyl (C=O) groups is 1. The first-order valence-corrected chi connectivity index (χ1v) is 7.77. The average Bonchev–Trinajstić information content (AvgIpc) is 2.96. The number of carbonyl (C=O) groups excluding carboxylic acids is 1. The number of hydrogen-bond acceptors (Lipinski definition) is 4. The molecule has 0 radical (unpaired) electrons. The smallest absolute Gasteiger partial charge is 0.250 e. The number of hydrogen-bond donors (Lipinski definition) is 0. The van der Waals surface area contributed by atoms with Crippen molar-refractivity contribution < 1.29 is 18.7 Å². The number of pyridine rings is 1. The third-order valence-electron chi connectivity index (χ3n) is 4.65. The number of rotatable bonds is 4. The number of fused-ring (bicyclic) bond motifs is 1. The van der Waals surface area contributed by atoms with Gasteiger partial charge in [-0.25, -0.2) is 9.37 Å². The molecule has 0 unspecified atom stereocenters. The van der Waals surface area contributed by atoms with Crippen LogP contribution in [0.1, 0.15) is 26.2 Å². The number of halogens is 1. The summed E-state index contributed by atoms with van der Waals surface area (Å²) in [5, 5.41) is 0. The average molecular weight is 308 g/mol. The van der Waals surface area contributed by atoms with Gasteiger partial charge >= 0.3 is 0 Å². The van der Waals surface area contributed by atoms with E-state index in [4.69, 9.17) is 9.47 Å². The maximum Gasteiger partial charge on any atom is 0.250 e. The number of likely N-dealkylation sites (tertiary alicyclic amines) is 1. The first kappa shape index (κ1) is 15.2. The maximum atomic E-state index is 13.7. The van der Waals surface area contributed by atoms with E-state index in [9.17, 15) is 9.18 Å². The lowest BCUT2D eigenvalue weighted by Gasteiger charge is -2.43. The minimum Gasteiger partial charge on any atom is -0.475 e. The zero-order valence-electron chi connectivity index (χ0n) is 12.8. The van der Waals surface area contributed by atoms with Gasteiger partial charge in [-0.15, -0.1) is 0 Å². The van der Waals surface area contributed by atoms with Gasteiger partial charge in [-0.05, 0) is 25.0 Å². The van der Waals surface area contributed by atoms with Crippen LogP contribution in [-0.4, -0.2) is 48.2 Å². The van der Waals surface area contributed by atoms with Gasteiger partial charge in [-0.3, -0.25) is 4.79 Å². The highest BCUT2D eigenvalue weighted by molar-refractivity contribution is 5.76. The molecule has 2 saturated heterocycles. The zero-order chi connectivity index (χ0) is 15.6. The molecule has 1 aromatic heterocycles. The molecule has 3 rings (SSSR count). The van der Waals surface area contributed by atoms with Crippen molar-refractivity contribution in [2.75, 3.05) is 26.3 Å². The van der Waals surface area contributed by atoms with Crippen molar-refractivity contribution in [1.29, 1.82) is 0 Å². The van der Waals surface area contributed by atoms with Crippen LogP contribution in [0.3, 0.4) is 0 Å². The van der Waals surface area contributed by atoms with Crippen LogP contribution in [-0.2, 0) is 9.53 Å². The fourth-order valence-corrected chi connectivity index (χ4v) is 3.38.